The number of carbonyl (C=O) groups excluding carboxylic acids is 2. The second-order valence-corrected chi connectivity index (χ2v) is 6.67. The quantitative estimate of drug-likeness (QED) is 0.773. The Bertz CT molecular complexity index is 557. The average molecular weight is 316 g/mol. The topological polar surface area (TPSA) is 78.4 Å². The van der Waals surface area contributed by atoms with E-state index in [0.29, 0.717) is 18.0 Å². The van der Waals surface area contributed by atoms with E-state index in [1.807, 2.05) is 6.07 Å². The maximum atomic E-state index is 12.2. The molecule has 2 amide bonds. The zero-order chi connectivity index (χ0) is 16.2. The number of hydrogen-bond donors (Lipinski definition) is 3. The number of carbonyl (C=O) groups is 2. The van der Waals surface area contributed by atoms with Gasteiger partial charge in [0.15, 0.2) is 6.10 Å². The molecule has 2 aliphatic carbocycles. The maximum absolute atomic E-state index is 12.2. The van der Waals surface area contributed by atoms with Crippen LogP contribution in [0, 0.1) is 5.92 Å². The molecular weight excluding hydrogens is 292 g/mol. The summed E-state index contributed by atoms with van der Waals surface area (Å²) in [5, 5.41) is 16.1. The lowest BCUT2D eigenvalue weighted by Gasteiger charge is -2.29. The molecule has 5 nitrogen and oxygen atoms in total. The zero-order valence-corrected chi connectivity index (χ0v) is 13.2. The van der Waals surface area contributed by atoms with Gasteiger partial charge in [-0.2, -0.15) is 0 Å². The van der Waals surface area contributed by atoms with Crippen LogP contribution in [0.25, 0.3) is 0 Å². The molecule has 2 fully saturated rings. The molecule has 0 unspecified atom stereocenters. The fraction of sp³-hybridized carbons (Fsp3) is 0.556. The van der Waals surface area contributed by atoms with Gasteiger partial charge in [-0.3, -0.25) is 9.59 Å². The van der Waals surface area contributed by atoms with Gasteiger partial charge in [-0.15, -0.1) is 0 Å². The van der Waals surface area contributed by atoms with E-state index in [0.717, 1.165) is 32.1 Å². The van der Waals surface area contributed by atoms with Gasteiger partial charge in [0.2, 0.25) is 5.91 Å². The van der Waals surface area contributed by atoms with Crippen LogP contribution in [0.2, 0.25) is 0 Å². The van der Waals surface area contributed by atoms with Gasteiger partial charge in [0.25, 0.3) is 5.91 Å². The summed E-state index contributed by atoms with van der Waals surface area (Å²) >= 11 is 0. The minimum absolute atomic E-state index is 0.0245. The van der Waals surface area contributed by atoms with Crippen LogP contribution in [0.3, 0.4) is 0 Å². The Labute approximate surface area is 136 Å². The molecule has 1 aromatic rings. The minimum Gasteiger partial charge on any atom is -0.378 e. The zero-order valence-electron chi connectivity index (χ0n) is 13.2. The maximum Gasteiger partial charge on any atom is 0.253 e. The van der Waals surface area contributed by atoms with Crippen molar-refractivity contribution in [1.82, 2.24) is 10.6 Å². The molecule has 0 aliphatic heterocycles. The van der Waals surface area contributed by atoms with Gasteiger partial charge < -0.3 is 15.7 Å². The van der Waals surface area contributed by atoms with Crippen LogP contribution in [0.15, 0.2) is 30.3 Å². The molecule has 23 heavy (non-hydrogen) atoms. The number of rotatable bonds is 5. The standard InChI is InChI=1S/C18H24N2O3/c21-16(12-5-2-1-3-6-12)18(23)20-15-8-4-7-13(11-15)17(22)19-14-9-10-14/h1-3,5-6,13-16,21H,4,7-11H2,(H,19,22)(H,20,23)/t13-,15+,16+/m1/s1. The molecule has 5 heteroatoms. The summed E-state index contributed by atoms with van der Waals surface area (Å²) in [6.45, 7) is 0. The summed E-state index contributed by atoms with van der Waals surface area (Å²) < 4.78 is 0. The highest BCUT2D eigenvalue weighted by Crippen LogP contribution is 2.27. The fourth-order valence-electron chi connectivity index (χ4n) is 3.17. The number of amides is 2. The van der Waals surface area contributed by atoms with Gasteiger partial charge in [-0.1, -0.05) is 36.8 Å². The molecule has 0 aromatic heterocycles. The molecule has 0 radical (unpaired) electrons. The van der Waals surface area contributed by atoms with Gasteiger partial charge in [0, 0.05) is 18.0 Å². The van der Waals surface area contributed by atoms with Crippen LogP contribution in [0.4, 0.5) is 0 Å². The van der Waals surface area contributed by atoms with E-state index in [9.17, 15) is 14.7 Å². The Morgan fingerprint density at radius 2 is 1.74 bits per heavy atom. The summed E-state index contributed by atoms with van der Waals surface area (Å²) in [4.78, 5) is 24.4. The van der Waals surface area contributed by atoms with Crippen LogP contribution < -0.4 is 10.6 Å². The molecule has 0 spiro atoms. The fourth-order valence-corrected chi connectivity index (χ4v) is 3.17. The van der Waals surface area contributed by atoms with Crippen molar-refractivity contribution in [2.45, 2.75) is 56.7 Å². The number of nitrogens with one attached hydrogen (secondary N) is 2. The van der Waals surface area contributed by atoms with Gasteiger partial charge in [-0.25, -0.2) is 0 Å². The smallest absolute Gasteiger partial charge is 0.253 e. The van der Waals surface area contributed by atoms with Crippen molar-refractivity contribution in [1.29, 1.82) is 0 Å². The van der Waals surface area contributed by atoms with E-state index in [4.69, 9.17) is 0 Å². The Morgan fingerprint density at radius 3 is 2.43 bits per heavy atom. The first-order valence-electron chi connectivity index (χ1n) is 8.47. The van der Waals surface area contributed by atoms with Crippen molar-refractivity contribution < 1.29 is 14.7 Å². The lowest BCUT2D eigenvalue weighted by Crippen LogP contribution is -2.44. The summed E-state index contributed by atoms with van der Waals surface area (Å²) in [7, 11) is 0. The van der Waals surface area contributed by atoms with E-state index in [-0.39, 0.29) is 23.8 Å². The Kier molecular flexibility index (Phi) is 4.96. The first-order valence-corrected chi connectivity index (χ1v) is 8.47. The molecule has 124 valence electrons. The number of benzene rings is 1. The first-order chi connectivity index (χ1) is 11.1. The molecule has 3 atom stereocenters. The lowest BCUT2D eigenvalue weighted by atomic mass is 9.85. The number of aliphatic hydroxyl groups is 1. The minimum atomic E-state index is -1.16. The van der Waals surface area contributed by atoms with Crippen LogP contribution in [0.5, 0.6) is 0 Å². The predicted octanol–water partition coefficient (Wildman–Crippen LogP) is 1.67. The highest BCUT2D eigenvalue weighted by Gasteiger charge is 2.32. The van der Waals surface area contributed by atoms with E-state index in [2.05, 4.69) is 10.6 Å². The monoisotopic (exact) mass is 316 g/mol. The highest BCUT2D eigenvalue weighted by atomic mass is 16.3. The van der Waals surface area contributed by atoms with Crippen LogP contribution in [-0.4, -0.2) is 29.0 Å². The predicted molar refractivity (Wildman–Crippen MR) is 86.5 cm³/mol. The number of aliphatic hydroxyl groups excluding tert-OH is 1. The van der Waals surface area contributed by atoms with Crippen LogP contribution in [-0.2, 0) is 9.59 Å². The SMILES string of the molecule is O=C(NC1CC1)[C@@H]1CCC[C@H](NC(=O)[C@@H](O)c2ccccc2)C1. The summed E-state index contributed by atoms with van der Waals surface area (Å²) in [5.74, 6) is -0.289. The third kappa shape index (κ3) is 4.32. The van der Waals surface area contributed by atoms with E-state index in [1.165, 1.54) is 0 Å². The van der Waals surface area contributed by atoms with Gasteiger partial charge in [0.05, 0.1) is 0 Å². The van der Waals surface area contributed by atoms with Crippen molar-refractivity contribution in [2.75, 3.05) is 0 Å². The van der Waals surface area contributed by atoms with E-state index < -0.39 is 6.10 Å². The van der Waals surface area contributed by atoms with Crippen molar-refractivity contribution in [2.24, 2.45) is 5.92 Å². The second kappa shape index (κ2) is 7.13. The molecular formula is C18H24N2O3. The largest absolute Gasteiger partial charge is 0.378 e. The van der Waals surface area contributed by atoms with Gasteiger partial charge >= 0.3 is 0 Å². The third-order valence-corrected chi connectivity index (χ3v) is 4.68. The Hall–Kier alpha value is -1.88. The van der Waals surface area contributed by atoms with Crippen molar-refractivity contribution in [3.05, 3.63) is 35.9 Å². The van der Waals surface area contributed by atoms with Gasteiger partial charge in [0.1, 0.15) is 0 Å². The highest BCUT2D eigenvalue weighted by molar-refractivity contribution is 5.82. The van der Waals surface area contributed by atoms with Crippen molar-refractivity contribution in [3.63, 3.8) is 0 Å². The first kappa shape index (κ1) is 16.0. The van der Waals surface area contributed by atoms with Crippen LogP contribution >= 0.6 is 0 Å². The summed E-state index contributed by atoms with van der Waals surface area (Å²) in [6, 6.07) is 9.24. The Morgan fingerprint density at radius 1 is 1.00 bits per heavy atom. The van der Waals surface area contributed by atoms with Crippen molar-refractivity contribution in [3.8, 4) is 0 Å². The molecule has 0 saturated heterocycles. The molecule has 0 heterocycles. The molecule has 3 N–H and O–H groups in total. The second-order valence-electron chi connectivity index (χ2n) is 6.67. The van der Waals surface area contributed by atoms with Crippen LogP contribution in [0.1, 0.15) is 50.2 Å². The summed E-state index contributed by atoms with van der Waals surface area (Å²) in [5.41, 5.74) is 0.587. The molecule has 2 aliphatic rings. The third-order valence-electron chi connectivity index (χ3n) is 4.68. The number of hydrogen-bond acceptors (Lipinski definition) is 3. The average Bonchev–Trinajstić information content (AvgIpc) is 3.39. The lowest BCUT2D eigenvalue weighted by molar-refractivity contribution is -0.132. The van der Waals surface area contributed by atoms with Gasteiger partial charge in [-0.05, 0) is 37.7 Å². The summed E-state index contributed by atoms with van der Waals surface area (Å²) in [6.07, 6.45) is 4.34. The molecule has 0 bridgehead atoms. The molecule has 2 saturated carbocycles. The van der Waals surface area contributed by atoms with E-state index >= 15 is 0 Å². The molecule has 1 aromatic carbocycles. The van der Waals surface area contributed by atoms with Crippen molar-refractivity contribution >= 4 is 11.8 Å². The van der Waals surface area contributed by atoms with E-state index in [1.54, 1.807) is 24.3 Å². The Balaban J connectivity index is 1.52. The normalized spacial score (nSPS) is 25.4. The molecule has 3 rings (SSSR count).